The summed E-state index contributed by atoms with van der Waals surface area (Å²) in [5, 5.41) is 1.01. The van der Waals surface area contributed by atoms with E-state index in [0.717, 1.165) is 18.5 Å². The van der Waals surface area contributed by atoms with Gasteiger partial charge in [-0.05, 0) is 57.6 Å². The summed E-state index contributed by atoms with van der Waals surface area (Å²) in [6, 6.07) is 5.52. The van der Waals surface area contributed by atoms with Gasteiger partial charge in [-0.2, -0.15) is 0 Å². The average Bonchev–Trinajstić information content (AvgIpc) is 2.68. The monoisotopic (exact) mass is 442 g/mol. The molecule has 1 aliphatic heterocycles. The number of carbonyl (C=O) groups is 2. The third-order valence-electron chi connectivity index (χ3n) is 5.20. The van der Waals surface area contributed by atoms with Crippen LogP contribution < -0.4 is 0 Å². The van der Waals surface area contributed by atoms with Gasteiger partial charge in [0.25, 0.3) is 0 Å². The van der Waals surface area contributed by atoms with E-state index in [1.54, 1.807) is 25.1 Å². The van der Waals surface area contributed by atoms with Crippen molar-refractivity contribution in [3.05, 3.63) is 33.8 Å². The zero-order valence-electron chi connectivity index (χ0n) is 17.8. The summed E-state index contributed by atoms with van der Waals surface area (Å²) in [4.78, 5) is 32.9. The third-order valence-corrected chi connectivity index (χ3v) is 5.94. The Morgan fingerprint density at radius 3 is 2.24 bits per heavy atom. The molecule has 0 saturated carbocycles. The summed E-state index contributed by atoms with van der Waals surface area (Å²) < 4.78 is 0. The maximum absolute atomic E-state index is 13.3. The van der Waals surface area contributed by atoms with Gasteiger partial charge in [-0.3, -0.25) is 4.79 Å². The largest absolute Gasteiger partial charge is 0.338 e. The molecule has 1 heterocycles. The number of piperidine rings is 1. The highest BCUT2D eigenvalue weighted by atomic mass is 35.5. The van der Waals surface area contributed by atoms with Crippen LogP contribution in [0.15, 0.2) is 18.2 Å². The number of halogens is 2. The molecule has 0 radical (unpaired) electrons. The van der Waals surface area contributed by atoms with Crippen LogP contribution in [0, 0.1) is 5.92 Å². The fraction of sp³-hybridized carbons (Fsp3) is 0.619. The van der Waals surface area contributed by atoms with Crippen molar-refractivity contribution in [3.8, 4) is 0 Å². The first-order valence-corrected chi connectivity index (χ1v) is 10.8. The molecule has 8 heteroatoms. The fourth-order valence-corrected chi connectivity index (χ4v) is 3.88. The summed E-state index contributed by atoms with van der Waals surface area (Å²) in [5.41, 5.74) is 0.970. The SMILES string of the molecule is CN(C)CCCN(Cc1ccc(Cl)c(Cl)c1)C(=O)C1CCN(C(=O)N(C)C)CC1. The van der Waals surface area contributed by atoms with Crippen molar-refractivity contribution < 1.29 is 9.59 Å². The summed E-state index contributed by atoms with van der Waals surface area (Å²) in [6.45, 7) is 3.35. The Hall–Kier alpha value is -1.50. The van der Waals surface area contributed by atoms with Crippen LogP contribution in [0.25, 0.3) is 0 Å². The Bertz CT molecular complexity index is 704. The molecule has 0 bridgehead atoms. The average molecular weight is 443 g/mol. The lowest BCUT2D eigenvalue weighted by atomic mass is 9.95. The predicted molar refractivity (Wildman–Crippen MR) is 118 cm³/mol. The first-order valence-electron chi connectivity index (χ1n) is 10.0. The molecule has 0 aliphatic carbocycles. The number of carbonyl (C=O) groups excluding carboxylic acids is 2. The first kappa shape index (κ1) is 23.8. The van der Waals surface area contributed by atoms with Gasteiger partial charge < -0.3 is 19.6 Å². The van der Waals surface area contributed by atoms with Crippen molar-refractivity contribution in [1.29, 1.82) is 0 Å². The van der Waals surface area contributed by atoms with E-state index >= 15 is 0 Å². The zero-order valence-corrected chi connectivity index (χ0v) is 19.3. The minimum absolute atomic E-state index is 0.00884. The summed E-state index contributed by atoms with van der Waals surface area (Å²) in [6.07, 6.45) is 2.30. The maximum atomic E-state index is 13.3. The highest BCUT2D eigenvalue weighted by Gasteiger charge is 2.30. The lowest BCUT2D eigenvalue weighted by Crippen LogP contribution is -2.47. The Labute approximate surface area is 184 Å². The van der Waals surface area contributed by atoms with E-state index in [1.807, 2.05) is 36.0 Å². The van der Waals surface area contributed by atoms with Gasteiger partial charge >= 0.3 is 6.03 Å². The predicted octanol–water partition coefficient (Wildman–Crippen LogP) is 3.67. The number of hydrogen-bond donors (Lipinski definition) is 0. The first-order chi connectivity index (χ1) is 13.7. The smallest absolute Gasteiger partial charge is 0.319 e. The Kier molecular flexibility index (Phi) is 9.05. The molecular formula is C21H32Cl2N4O2. The number of hydrogen-bond acceptors (Lipinski definition) is 3. The van der Waals surface area contributed by atoms with Gasteiger partial charge in [0.15, 0.2) is 0 Å². The third kappa shape index (κ3) is 7.05. The van der Waals surface area contributed by atoms with Crippen molar-refractivity contribution in [3.63, 3.8) is 0 Å². The number of amides is 3. The molecule has 162 valence electrons. The molecule has 1 aromatic rings. The molecule has 0 aromatic heterocycles. The van der Waals surface area contributed by atoms with Crippen LogP contribution in [0.2, 0.25) is 10.0 Å². The van der Waals surface area contributed by atoms with E-state index in [4.69, 9.17) is 23.2 Å². The van der Waals surface area contributed by atoms with Crippen molar-refractivity contribution in [1.82, 2.24) is 19.6 Å². The Morgan fingerprint density at radius 1 is 1.03 bits per heavy atom. The van der Waals surface area contributed by atoms with E-state index in [0.29, 0.717) is 49.1 Å². The maximum Gasteiger partial charge on any atom is 0.319 e. The van der Waals surface area contributed by atoms with Gasteiger partial charge in [-0.25, -0.2) is 4.79 Å². The van der Waals surface area contributed by atoms with Gasteiger partial charge in [0.1, 0.15) is 0 Å². The van der Waals surface area contributed by atoms with E-state index in [9.17, 15) is 9.59 Å². The van der Waals surface area contributed by atoms with E-state index in [2.05, 4.69) is 4.90 Å². The standard InChI is InChI=1S/C21H32Cl2N4O2/c1-24(2)10-5-11-27(15-16-6-7-18(22)19(23)14-16)20(28)17-8-12-26(13-9-17)21(29)25(3)4/h6-7,14,17H,5,8-13,15H2,1-4H3. The molecule has 3 amide bonds. The lowest BCUT2D eigenvalue weighted by molar-refractivity contribution is -0.137. The second kappa shape index (κ2) is 11.0. The van der Waals surface area contributed by atoms with Crippen LogP contribution >= 0.6 is 23.2 Å². The van der Waals surface area contributed by atoms with E-state index in [1.165, 1.54) is 0 Å². The summed E-state index contributed by atoms with van der Waals surface area (Å²) >= 11 is 12.2. The van der Waals surface area contributed by atoms with Crippen molar-refractivity contribution >= 4 is 35.1 Å². The zero-order chi connectivity index (χ0) is 21.6. The molecule has 0 N–H and O–H groups in total. The number of nitrogens with zero attached hydrogens (tertiary/aromatic N) is 4. The van der Waals surface area contributed by atoms with Crippen LogP contribution in [0.4, 0.5) is 4.79 Å². The molecule has 6 nitrogen and oxygen atoms in total. The summed E-state index contributed by atoms with van der Waals surface area (Å²) in [7, 11) is 7.57. The normalized spacial score (nSPS) is 14.9. The van der Waals surface area contributed by atoms with Crippen LogP contribution in [0.3, 0.4) is 0 Å². The minimum atomic E-state index is -0.0525. The van der Waals surface area contributed by atoms with Gasteiger partial charge in [0, 0.05) is 46.2 Å². The number of benzene rings is 1. The molecule has 29 heavy (non-hydrogen) atoms. The number of urea groups is 1. The minimum Gasteiger partial charge on any atom is -0.338 e. The second-order valence-corrected chi connectivity index (χ2v) is 8.92. The van der Waals surface area contributed by atoms with Crippen molar-refractivity contribution in [2.45, 2.75) is 25.8 Å². The molecule has 0 atom stereocenters. The van der Waals surface area contributed by atoms with E-state index in [-0.39, 0.29) is 17.9 Å². The summed E-state index contributed by atoms with van der Waals surface area (Å²) in [5.74, 6) is 0.107. The Balaban J connectivity index is 2.04. The molecule has 1 aliphatic rings. The van der Waals surface area contributed by atoms with Crippen LogP contribution in [-0.2, 0) is 11.3 Å². The molecule has 2 rings (SSSR count). The van der Waals surface area contributed by atoms with Gasteiger partial charge in [0.05, 0.1) is 10.0 Å². The van der Waals surface area contributed by atoms with Gasteiger partial charge in [-0.15, -0.1) is 0 Å². The molecule has 0 unspecified atom stereocenters. The molecule has 1 aromatic carbocycles. The van der Waals surface area contributed by atoms with Crippen LogP contribution in [0.5, 0.6) is 0 Å². The second-order valence-electron chi connectivity index (χ2n) is 8.10. The van der Waals surface area contributed by atoms with Gasteiger partial charge in [-0.1, -0.05) is 29.3 Å². The number of rotatable bonds is 7. The highest BCUT2D eigenvalue weighted by Crippen LogP contribution is 2.25. The van der Waals surface area contributed by atoms with Crippen molar-refractivity contribution in [2.75, 3.05) is 54.4 Å². The quantitative estimate of drug-likeness (QED) is 0.646. The van der Waals surface area contributed by atoms with Crippen molar-refractivity contribution in [2.24, 2.45) is 5.92 Å². The van der Waals surface area contributed by atoms with Crippen LogP contribution in [-0.4, -0.2) is 85.9 Å². The van der Waals surface area contributed by atoms with Crippen LogP contribution in [0.1, 0.15) is 24.8 Å². The van der Waals surface area contributed by atoms with E-state index < -0.39 is 0 Å². The van der Waals surface area contributed by atoms with Gasteiger partial charge in [0.2, 0.25) is 5.91 Å². The molecule has 1 saturated heterocycles. The molecule has 1 fully saturated rings. The Morgan fingerprint density at radius 2 is 1.69 bits per heavy atom. The lowest BCUT2D eigenvalue weighted by Gasteiger charge is -2.35. The molecule has 0 spiro atoms. The number of likely N-dealkylation sites (tertiary alicyclic amines) is 1. The topological polar surface area (TPSA) is 47.1 Å². The molecular weight excluding hydrogens is 411 g/mol. The fourth-order valence-electron chi connectivity index (χ4n) is 3.56. The highest BCUT2D eigenvalue weighted by molar-refractivity contribution is 6.42.